The normalized spacial score (nSPS) is 17.4. The van der Waals surface area contributed by atoms with E-state index in [4.69, 9.17) is 14.7 Å². The molecule has 11 nitrogen and oxygen atoms in total. The number of amides is 2. The number of ether oxygens (including phenoxy) is 2. The predicted molar refractivity (Wildman–Crippen MR) is 115 cm³/mol. The van der Waals surface area contributed by atoms with E-state index in [9.17, 15) is 19.2 Å². The fraction of sp³-hybridized carbons (Fsp3) is 0.409. The number of nitrogens with zero attached hydrogens (tertiary/aromatic N) is 5. The Morgan fingerprint density at radius 1 is 1.09 bits per heavy atom. The lowest BCUT2D eigenvalue weighted by Crippen LogP contribution is -2.56. The first kappa shape index (κ1) is 22.1. The third kappa shape index (κ3) is 4.32. The van der Waals surface area contributed by atoms with Gasteiger partial charge in [0.2, 0.25) is 12.0 Å². The van der Waals surface area contributed by atoms with Crippen LogP contribution in [0.4, 0.5) is 0 Å². The number of aromatic nitrogens is 2. The van der Waals surface area contributed by atoms with Crippen LogP contribution in [0.5, 0.6) is 11.5 Å². The minimum atomic E-state index is -0.788. The van der Waals surface area contributed by atoms with Gasteiger partial charge in [0.25, 0.3) is 11.5 Å². The molecule has 2 aliphatic heterocycles. The van der Waals surface area contributed by atoms with Crippen LogP contribution in [0.15, 0.2) is 40.1 Å². The minimum absolute atomic E-state index is 0.108. The minimum Gasteiger partial charge on any atom is -0.485 e. The van der Waals surface area contributed by atoms with E-state index >= 15 is 0 Å². The van der Waals surface area contributed by atoms with E-state index in [0.29, 0.717) is 24.6 Å². The van der Waals surface area contributed by atoms with E-state index in [1.165, 1.54) is 15.7 Å². The largest absolute Gasteiger partial charge is 0.485 e. The highest BCUT2D eigenvalue weighted by Gasteiger charge is 2.33. The summed E-state index contributed by atoms with van der Waals surface area (Å²) in [6.45, 7) is 2.70. The Balaban J connectivity index is 1.38. The van der Waals surface area contributed by atoms with Crippen molar-refractivity contribution in [2.24, 2.45) is 0 Å². The van der Waals surface area contributed by atoms with Crippen molar-refractivity contribution in [2.45, 2.75) is 26.1 Å². The molecule has 2 aliphatic rings. The monoisotopic (exact) mass is 453 g/mol. The molecular formula is C22H23N5O6. The second-order valence-corrected chi connectivity index (χ2v) is 7.68. The summed E-state index contributed by atoms with van der Waals surface area (Å²) in [5.74, 6) is 0.457. The van der Waals surface area contributed by atoms with Crippen LogP contribution in [0, 0.1) is 11.3 Å². The molecule has 1 aromatic carbocycles. The van der Waals surface area contributed by atoms with Crippen LogP contribution in [0.1, 0.15) is 12.5 Å². The lowest BCUT2D eigenvalue weighted by atomic mass is 10.2. The SMILES string of the molecule is CCn1cc(C#N)c(=O)n(CC(=O)N2CCN(C(=O)C3COc4ccccc4O3)CC2)c1=O. The molecule has 1 fully saturated rings. The topological polar surface area (TPSA) is 127 Å². The van der Waals surface area contributed by atoms with Gasteiger partial charge in [-0.3, -0.25) is 19.0 Å². The molecule has 0 N–H and O–H groups in total. The number of rotatable bonds is 4. The number of carbonyl (C=O) groups excluding carboxylic acids is 2. The number of fused-ring (bicyclic) bond motifs is 1. The summed E-state index contributed by atoms with van der Waals surface area (Å²) in [7, 11) is 0. The molecule has 1 aromatic heterocycles. The number of hydrogen-bond donors (Lipinski definition) is 0. The zero-order valence-electron chi connectivity index (χ0n) is 18.1. The summed E-state index contributed by atoms with van der Waals surface area (Å²) in [6, 6.07) is 8.89. The smallest absolute Gasteiger partial charge is 0.331 e. The zero-order valence-corrected chi connectivity index (χ0v) is 18.1. The molecule has 0 saturated carbocycles. The standard InChI is InChI=1S/C22H23N5O6/c1-2-24-12-15(11-23)20(29)27(22(24)31)13-19(28)25-7-9-26(10-8-25)21(30)18-14-32-16-5-3-4-6-17(16)33-18/h3-6,12,18H,2,7-10,13-14H2,1H3. The van der Waals surface area contributed by atoms with Gasteiger partial charge in [-0.05, 0) is 19.1 Å². The van der Waals surface area contributed by atoms with Gasteiger partial charge < -0.3 is 19.3 Å². The van der Waals surface area contributed by atoms with Crippen molar-refractivity contribution in [2.75, 3.05) is 32.8 Å². The predicted octanol–water partition coefficient (Wildman–Crippen LogP) is -0.588. The number of piperazine rings is 1. The molecule has 1 atom stereocenters. The number of para-hydroxylation sites is 2. The quantitative estimate of drug-likeness (QED) is 0.606. The molecule has 1 saturated heterocycles. The van der Waals surface area contributed by atoms with Gasteiger partial charge >= 0.3 is 5.69 Å². The molecule has 2 aromatic rings. The summed E-state index contributed by atoms with van der Waals surface area (Å²) in [4.78, 5) is 53.6. The summed E-state index contributed by atoms with van der Waals surface area (Å²) in [5, 5.41) is 9.15. The maximum absolute atomic E-state index is 12.9. The van der Waals surface area contributed by atoms with Crippen LogP contribution in [0.25, 0.3) is 0 Å². The van der Waals surface area contributed by atoms with Gasteiger partial charge in [0.1, 0.15) is 24.8 Å². The second kappa shape index (κ2) is 9.20. The molecule has 33 heavy (non-hydrogen) atoms. The summed E-state index contributed by atoms with van der Waals surface area (Å²) >= 11 is 0. The summed E-state index contributed by atoms with van der Waals surface area (Å²) < 4.78 is 13.4. The van der Waals surface area contributed by atoms with Crippen molar-refractivity contribution >= 4 is 11.8 Å². The molecule has 2 amide bonds. The fourth-order valence-electron chi connectivity index (χ4n) is 3.85. The van der Waals surface area contributed by atoms with Crippen molar-refractivity contribution in [3.05, 3.63) is 56.9 Å². The van der Waals surface area contributed by atoms with Crippen molar-refractivity contribution in [3.8, 4) is 17.6 Å². The summed E-state index contributed by atoms with van der Waals surface area (Å²) in [5.41, 5.74) is -1.63. The van der Waals surface area contributed by atoms with E-state index in [1.54, 1.807) is 36.1 Å². The fourth-order valence-corrected chi connectivity index (χ4v) is 3.85. The molecule has 0 radical (unpaired) electrons. The molecule has 0 bridgehead atoms. The molecule has 1 unspecified atom stereocenters. The van der Waals surface area contributed by atoms with E-state index < -0.39 is 29.8 Å². The van der Waals surface area contributed by atoms with Crippen LogP contribution in [-0.2, 0) is 22.7 Å². The van der Waals surface area contributed by atoms with Crippen molar-refractivity contribution in [1.82, 2.24) is 18.9 Å². The molecular weight excluding hydrogens is 430 g/mol. The van der Waals surface area contributed by atoms with Crippen LogP contribution >= 0.6 is 0 Å². The van der Waals surface area contributed by atoms with E-state index in [2.05, 4.69) is 0 Å². The van der Waals surface area contributed by atoms with Crippen molar-refractivity contribution in [3.63, 3.8) is 0 Å². The highest BCUT2D eigenvalue weighted by molar-refractivity contribution is 5.82. The Kier molecular flexibility index (Phi) is 6.17. The number of aryl methyl sites for hydroxylation is 1. The molecule has 0 spiro atoms. The number of carbonyl (C=O) groups is 2. The Morgan fingerprint density at radius 2 is 1.76 bits per heavy atom. The maximum atomic E-state index is 12.9. The highest BCUT2D eigenvalue weighted by Crippen LogP contribution is 2.31. The number of nitriles is 1. The van der Waals surface area contributed by atoms with Gasteiger partial charge in [-0.25, -0.2) is 9.36 Å². The third-order valence-electron chi connectivity index (χ3n) is 5.72. The first-order valence-corrected chi connectivity index (χ1v) is 10.6. The van der Waals surface area contributed by atoms with Crippen LogP contribution < -0.4 is 20.7 Å². The van der Waals surface area contributed by atoms with Gasteiger partial charge in [-0.2, -0.15) is 5.26 Å². The summed E-state index contributed by atoms with van der Waals surface area (Å²) in [6.07, 6.45) is 0.438. The van der Waals surface area contributed by atoms with Gasteiger partial charge in [0, 0.05) is 38.9 Å². The van der Waals surface area contributed by atoms with Crippen molar-refractivity contribution < 1.29 is 19.1 Å². The number of hydrogen-bond acceptors (Lipinski definition) is 7. The van der Waals surface area contributed by atoms with Crippen molar-refractivity contribution in [1.29, 1.82) is 5.26 Å². The van der Waals surface area contributed by atoms with Gasteiger partial charge in [0.15, 0.2) is 11.5 Å². The Bertz CT molecular complexity index is 1240. The lowest BCUT2D eigenvalue weighted by Gasteiger charge is -2.37. The van der Waals surface area contributed by atoms with Gasteiger partial charge in [0.05, 0.1) is 0 Å². The van der Waals surface area contributed by atoms with E-state index in [0.717, 1.165) is 4.57 Å². The molecule has 4 rings (SSSR count). The van der Waals surface area contributed by atoms with Crippen LogP contribution in [0.2, 0.25) is 0 Å². The molecule has 0 aliphatic carbocycles. The lowest BCUT2D eigenvalue weighted by molar-refractivity contribution is -0.146. The molecule has 11 heteroatoms. The Labute approximate surface area is 189 Å². The zero-order chi connectivity index (χ0) is 23.5. The van der Waals surface area contributed by atoms with Crippen LogP contribution in [-0.4, -0.2) is 69.6 Å². The number of benzene rings is 1. The average Bonchev–Trinajstić information content (AvgIpc) is 2.86. The molecule has 172 valence electrons. The maximum Gasteiger partial charge on any atom is 0.331 e. The average molecular weight is 453 g/mol. The first-order chi connectivity index (χ1) is 15.9. The first-order valence-electron chi connectivity index (χ1n) is 10.6. The third-order valence-corrected chi connectivity index (χ3v) is 5.72. The molecule has 3 heterocycles. The van der Waals surface area contributed by atoms with E-state index in [-0.39, 0.29) is 37.7 Å². The second-order valence-electron chi connectivity index (χ2n) is 7.68. The Hall–Kier alpha value is -4.07. The van der Waals surface area contributed by atoms with Gasteiger partial charge in [-0.15, -0.1) is 0 Å². The van der Waals surface area contributed by atoms with E-state index in [1.807, 2.05) is 6.07 Å². The van der Waals surface area contributed by atoms with Crippen LogP contribution in [0.3, 0.4) is 0 Å². The Morgan fingerprint density at radius 3 is 2.42 bits per heavy atom. The highest BCUT2D eigenvalue weighted by atomic mass is 16.6. The van der Waals surface area contributed by atoms with Gasteiger partial charge in [-0.1, -0.05) is 12.1 Å².